The van der Waals surface area contributed by atoms with Crippen LogP contribution in [0.1, 0.15) is 0 Å². The molecule has 3 heterocycles. The third kappa shape index (κ3) is 3.42. The summed E-state index contributed by atoms with van der Waals surface area (Å²) in [5.41, 5.74) is 1.78. The molecular formula is C25H19N3O3S. The van der Waals surface area contributed by atoms with Gasteiger partial charge in [0.15, 0.2) is 5.65 Å². The minimum Gasteiger partial charge on any atom is -0.457 e. The van der Waals surface area contributed by atoms with Crippen molar-refractivity contribution in [2.45, 2.75) is 0 Å². The number of aryl methyl sites for hydroxylation is 1. The summed E-state index contributed by atoms with van der Waals surface area (Å²) in [6.07, 6.45) is 0. The van der Waals surface area contributed by atoms with E-state index in [9.17, 15) is 9.59 Å². The third-order valence-corrected chi connectivity index (χ3v) is 6.20. The standard InChI is InChI=1S/C25H19N3O3S/c1-27-23-22(24(29)28(2)25(27)30)19(15-20(26-23)21-12-7-13-32-21)16-8-6-11-18(14-16)31-17-9-4-3-5-10-17/h3-15H,1-2H3. The van der Waals surface area contributed by atoms with E-state index in [1.165, 1.54) is 11.6 Å². The molecule has 0 bridgehead atoms. The number of ether oxygens (including phenoxy) is 1. The molecule has 0 spiro atoms. The van der Waals surface area contributed by atoms with E-state index in [2.05, 4.69) is 4.98 Å². The molecule has 0 saturated heterocycles. The van der Waals surface area contributed by atoms with Crippen molar-refractivity contribution in [2.24, 2.45) is 14.1 Å². The fraction of sp³-hybridized carbons (Fsp3) is 0.0800. The summed E-state index contributed by atoms with van der Waals surface area (Å²) in [5, 5.41) is 2.37. The smallest absolute Gasteiger partial charge is 0.332 e. The number of thiophene rings is 1. The molecule has 0 unspecified atom stereocenters. The number of nitrogens with zero attached hydrogens (tertiary/aromatic N) is 3. The van der Waals surface area contributed by atoms with Crippen molar-refractivity contribution in [1.29, 1.82) is 0 Å². The van der Waals surface area contributed by atoms with E-state index in [0.29, 0.717) is 28.0 Å². The summed E-state index contributed by atoms with van der Waals surface area (Å²) < 4.78 is 8.53. The van der Waals surface area contributed by atoms with Crippen LogP contribution in [-0.4, -0.2) is 14.1 Å². The lowest BCUT2D eigenvalue weighted by atomic mass is 10.0. The highest BCUT2D eigenvalue weighted by molar-refractivity contribution is 7.13. The van der Waals surface area contributed by atoms with Crippen molar-refractivity contribution in [2.75, 3.05) is 0 Å². The average molecular weight is 442 g/mol. The number of fused-ring (bicyclic) bond motifs is 1. The summed E-state index contributed by atoms with van der Waals surface area (Å²) in [6.45, 7) is 0. The SMILES string of the molecule is Cn1c(=O)c2c(-c3cccc(Oc4ccccc4)c3)cc(-c3cccs3)nc2n(C)c1=O. The number of benzene rings is 2. The van der Waals surface area contributed by atoms with Crippen LogP contribution in [0, 0.1) is 0 Å². The van der Waals surface area contributed by atoms with Crippen LogP contribution in [-0.2, 0) is 14.1 Å². The van der Waals surface area contributed by atoms with Crippen molar-refractivity contribution < 1.29 is 4.74 Å². The van der Waals surface area contributed by atoms with E-state index in [1.54, 1.807) is 18.4 Å². The minimum absolute atomic E-state index is 0.355. The number of aromatic nitrogens is 3. The molecule has 3 aromatic heterocycles. The van der Waals surface area contributed by atoms with E-state index in [-0.39, 0.29) is 5.56 Å². The molecule has 0 aliphatic rings. The molecule has 0 fully saturated rings. The Bertz CT molecular complexity index is 1550. The van der Waals surface area contributed by atoms with Crippen LogP contribution < -0.4 is 16.0 Å². The van der Waals surface area contributed by atoms with Gasteiger partial charge in [0.05, 0.1) is 16.0 Å². The van der Waals surface area contributed by atoms with Gasteiger partial charge in [-0.2, -0.15) is 0 Å². The van der Waals surface area contributed by atoms with E-state index < -0.39 is 5.69 Å². The maximum Gasteiger partial charge on any atom is 0.332 e. The fourth-order valence-corrected chi connectivity index (χ4v) is 4.37. The topological polar surface area (TPSA) is 66.1 Å². The quantitative estimate of drug-likeness (QED) is 0.401. The van der Waals surface area contributed by atoms with E-state index in [0.717, 1.165) is 20.8 Å². The molecule has 5 rings (SSSR count). The van der Waals surface area contributed by atoms with Crippen molar-refractivity contribution in [3.63, 3.8) is 0 Å². The van der Waals surface area contributed by atoms with Gasteiger partial charge in [-0.1, -0.05) is 36.4 Å². The van der Waals surface area contributed by atoms with Gasteiger partial charge >= 0.3 is 5.69 Å². The first-order valence-corrected chi connectivity index (χ1v) is 10.9. The van der Waals surface area contributed by atoms with Gasteiger partial charge in [0, 0.05) is 19.7 Å². The normalized spacial score (nSPS) is 11.1. The van der Waals surface area contributed by atoms with Gasteiger partial charge in [-0.25, -0.2) is 9.78 Å². The lowest BCUT2D eigenvalue weighted by Crippen LogP contribution is -2.37. The van der Waals surface area contributed by atoms with Crippen molar-refractivity contribution in [3.8, 4) is 33.2 Å². The largest absolute Gasteiger partial charge is 0.457 e. The molecule has 0 radical (unpaired) electrons. The van der Waals surface area contributed by atoms with Crippen molar-refractivity contribution >= 4 is 22.4 Å². The van der Waals surface area contributed by atoms with E-state index >= 15 is 0 Å². The minimum atomic E-state index is -0.412. The lowest BCUT2D eigenvalue weighted by molar-refractivity contribution is 0.483. The molecule has 0 atom stereocenters. The molecule has 158 valence electrons. The van der Waals surface area contributed by atoms with Crippen LogP contribution in [0.4, 0.5) is 0 Å². The maximum absolute atomic E-state index is 13.2. The van der Waals surface area contributed by atoms with Crippen LogP contribution in [0.5, 0.6) is 11.5 Å². The summed E-state index contributed by atoms with van der Waals surface area (Å²) in [6, 6.07) is 22.9. The molecule has 7 heteroatoms. The number of pyridine rings is 1. The molecule has 5 aromatic rings. The maximum atomic E-state index is 13.2. The summed E-state index contributed by atoms with van der Waals surface area (Å²) in [5.74, 6) is 1.37. The van der Waals surface area contributed by atoms with E-state index in [1.807, 2.05) is 78.2 Å². The van der Waals surface area contributed by atoms with Crippen LogP contribution in [0.3, 0.4) is 0 Å². The van der Waals surface area contributed by atoms with Gasteiger partial charge in [-0.15, -0.1) is 11.3 Å². The first-order valence-electron chi connectivity index (χ1n) is 10.0. The van der Waals surface area contributed by atoms with Crippen LogP contribution in [0.2, 0.25) is 0 Å². The Labute approximate surface area is 187 Å². The van der Waals surface area contributed by atoms with Gasteiger partial charge in [0.2, 0.25) is 0 Å². The molecular weight excluding hydrogens is 422 g/mol. The first kappa shape index (κ1) is 20.0. The van der Waals surface area contributed by atoms with E-state index in [4.69, 9.17) is 4.74 Å². The highest BCUT2D eigenvalue weighted by Gasteiger charge is 2.18. The van der Waals surface area contributed by atoms with Crippen molar-refractivity contribution in [3.05, 3.63) is 99.0 Å². The number of hydrogen-bond acceptors (Lipinski definition) is 5. The van der Waals surface area contributed by atoms with Gasteiger partial charge in [0.25, 0.3) is 5.56 Å². The second-order valence-corrected chi connectivity index (χ2v) is 8.33. The van der Waals surface area contributed by atoms with Gasteiger partial charge in [0.1, 0.15) is 11.5 Å². The van der Waals surface area contributed by atoms with Crippen LogP contribution in [0.15, 0.2) is 87.8 Å². The monoisotopic (exact) mass is 441 g/mol. The lowest BCUT2D eigenvalue weighted by Gasteiger charge is -2.14. The predicted molar refractivity (Wildman–Crippen MR) is 127 cm³/mol. The molecule has 0 aliphatic carbocycles. The van der Waals surface area contributed by atoms with Crippen molar-refractivity contribution in [1.82, 2.24) is 14.1 Å². The Morgan fingerprint density at radius 2 is 1.62 bits per heavy atom. The zero-order valence-electron chi connectivity index (χ0n) is 17.5. The Kier molecular flexibility index (Phi) is 4.95. The highest BCUT2D eigenvalue weighted by atomic mass is 32.1. The Balaban J connectivity index is 1.77. The second kappa shape index (κ2) is 7.94. The molecule has 0 N–H and O–H groups in total. The van der Waals surface area contributed by atoms with Gasteiger partial charge < -0.3 is 4.74 Å². The number of rotatable bonds is 4. The van der Waals surface area contributed by atoms with Gasteiger partial charge in [-0.3, -0.25) is 13.9 Å². The number of hydrogen-bond donors (Lipinski definition) is 0. The summed E-state index contributed by atoms with van der Waals surface area (Å²) >= 11 is 1.55. The molecule has 32 heavy (non-hydrogen) atoms. The Hall–Kier alpha value is -3.97. The Morgan fingerprint density at radius 1 is 0.844 bits per heavy atom. The second-order valence-electron chi connectivity index (χ2n) is 7.38. The molecule has 6 nitrogen and oxygen atoms in total. The molecule has 0 saturated carbocycles. The summed E-state index contributed by atoms with van der Waals surface area (Å²) in [4.78, 5) is 31.4. The molecule has 2 aromatic carbocycles. The Morgan fingerprint density at radius 3 is 2.38 bits per heavy atom. The first-order chi connectivity index (χ1) is 15.5. The number of para-hydroxylation sites is 1. The molecule has 0 aliphatic heterocycles. The zero-order valence-corrected chi connectivity index (χ0v) is 18.3. The zero-order chi connectivity index (χ0) is 22.2. The highest BCUT2D eigenvalue weighted by Crippen LogP contribution is 2.34. The van der Waals surface area contributed by atoms with Crippen LogP contribution >= 0.6 is 11.3 Å². The average Bonchev–Trinajstić information content (AvgIpc) is 3.36. The third-order valence-electron chi connectivity index (χ3n) is 5.31. The molecule has 0 amide bonds. The fourth-order valence-electron chi connectivity index (χ4n) is 3.69. The summed E-state index contributed by atoms with van der Waals surface area (Å²) in [7, 11) is 3.12. The van der Waals surface area contributed by atoms with Gasteiger partial charge in [-0.05, 0) is 47.3 Å². The van der Waals surface area contributed by atoms with Crippen LogP contribution in [0.25, 0.3) is 32.7 Å². The predicted octanol–water partition coefficient (Wildman–Crippen LogP) is 4.82.